The third-order valence-corrected chi connectivity index (χ3v) is 7.45. The monoisotopic (exact) mass is 553 g/mol. The first-order valence-corrected chi connectivity index (χ1v) is 13.5. The number of pyridine rings is 1. The Morgan fingerprint density at radius 2 is 1.85 bits per heavy atom. The van der Waals surface area contributed by atoms with Gasteiger partial charge in [-0.05, 0) is 79.7 Å². The Bertz CT molecular complexity index is 1550. The zero-order valence-corrected chi connectivity index (χ0v) is 23.4. The van der Waals surface area contributed by atoms with Crippen molar-refractivity contribution in [3.63, 3.8) is 0 Å². The maximum absolute atomic E-state index is 13.1. The average Bonchev–Trinajstić information content (AvgIpc) is 3.58. The predicted octanol–water partition coefficient (Wildman–Crippen LogP) is 5.28. The van der Waals surface area contributed by atoms with Gasteiger partial charge in [0.25, 0.3) is 0 Å². The number of para-hydroxylation sites is 1. The molecule has 1 aliphatic rings. The Labute approximate surface area is 239 Å². The van der Waals surface area contributed by atoms with Crippen LogP contribution in [0.4, 0.5) is 5.69 Å². The van der Waals surface area contributed by atoms with Gasteiger partial charge in [0, 0.05) is 36.7 Å². The first kappa shape index (κ1) is 27.1. The Hall–Kier alpha value is -4.50. The lowest BCUT2D eigenvalue weighted by Crippen LogP contribution is -2.33. The molecule has 1 fully saturated rings. The van der Waals surface area contributed by atoms with Gasteiger partial charge >= 0.3 is 5.97 Å². The standard InChI is InChI=1S/C31H31N5O3S/c1-20-13-14-21(2)24(19-20)33-27(37)15-18-36-29(28(34-31(36)40)23-10-6-7-16-32-23)26-12-8-17-35(26)25-11-5-4-9-22(25)30(38)39-3/h4-14,16-17,19,28-29H,15,18H2,1-3H3,(H,33,37)(H,34,40)/t28-,29+/m1/s1. The van der Waals surface area contributed by atoms with E-state index >= 15 is 0 Å². The summed E-state index contributed by atoms with van der Waals surface area (Å²) in [5, 5.41) is 7.02. The fourth-order valence-electron chi connectivity index (χ4n) is 5.09. The molecule has 0 bridgehead atoms. The molecule has 1 amide bonds. The molecule has 5 rings (SSSR count). The molecular formula is C31H31N5O3S. The number of carbonyl (C=O) groups excluding carboxylic acids is 2. The van der Waals surface area contributed by atoms with E-state index in [-0.39, 0.29) is 24.4 Å². The number of anilines is 1. The SMILES string of the molecule is COC(=O)c1ccccc1-n1cccc1[C@H]1[C@@H](c2ccccn2)NC(=S)N1CCC(=O)Nc1cc(C)ccc1C. The second-order valence-electron chi connectivity index (χ2n) is 9.75. The van der Waals surface area contributed by atoms with Crippen molar-refractivity contribution < 1.29 is 14.3 Å². The third-order valence-electron chi connectivity index (χ3n) is 7.10. The van der Waals surface area contributed by atoms with Gasteiger partial charge in [-0.3, -0.25) is 9.78 Å². The summed E-state index contributed by atoms with van der Waals surface area (Å²) < 4.78 is 7.03. The number of methoxy groups -OCH3 is 1. The van der Waals surface area contributed by atoms with Gasteiger partial charge in [0.1, 0.15) is 0 Å². The van der Waals surface area contributed by atoms with Crippen molar-refractivity contribution in [2.45, 2.75) is 32.4 Å². The number of aromatic nitrogens is 2. The van der Waals surface area contributed by atoms with Crippen molar-refractivity contribution in [2.24, 2.45) is 0 Å². The Balaban J connectivity index is 1.48. The third kappa shape index (κ3) is 5.46. The van der Waals surface area contributed by atoms with Gasteiger partial charge in [-0.1, -0.05) is 30.3 Å². The summed E-state index contributed by atoms with van der Waals surface area (Å²) in [6.45, 7) is 4.36. The number of esters is 1. The normalized spacial score (nSPS) is 16.5. The maximum atomic E-state index is 13.1. The summed E-state index contributed by atoms with van der Waals surface area (Å²) in [7, 11) is 1.37. The molecule has 0 aliphatic carbocycles. The van der Waals surface area contributed by atoms with Crippen molar-refractivity contribution in [3.8, 4) is 5.69 Å². The lowest BCUT2D eigenvalue weighted by Gasteiger charge is -2.29. The van der Waals surface area contributed by atoms with Crippen LogP contribution >= 0.6 is 12.2 Å². The molecular weight excluding hydrogens is 522 g/mol. The Kier molecular flexibility index (Phi) is 7.93. The van der Waals surface area contributed by atoms with Crippen LogP contribution in [0.1, 0.15) is 51.4 Å². The lowest BCUT2D eigenvalue weighted by atomic mass is 10.0. The summed E-state index contributed by atoms with van der Waals surface area (Å²) in [6, 6.07) is 22.5. The lowest BCUT2D eigenvalue weighted by molar-refractivity contribution is -0.116. The number of carbonyl (C=O) groups is 2. The van der Waals surface area contributed by atoms with Crippen LogP contribution in [0.15, 0.2) is 85.2 Å². The van der Waals surface area contributed by atoms with Crippen molar-refractivity contribution >= 4 is 34.9 Å². The molecule has 4 aromatic rings. The molecule has 40 heavy (non-hydrogen) atoms. The molecule has 204 valence electrons. The van der Waals surface area contributed by atoms with Crippen LogP contribution in [0, 0.1) is 13.8 Å². The zero-order valence-electron chi connectivity index (χ0n) is 22.6. The minimum absolute atomic E-state index is 0.0945. The van der Waals surface area contributed by atoms with E-state index in [0.29, 0.717) is 22.9 Å². The van der Waals surface area contributed by atoms with Gasteiger partial charge < -0.3 is 24.8 Å². The van der Waals surface area contributed by atoms with E-state index in [2.05, 4.69) is 15.6 Å². The number of amides is 1. The highest BCUT2D eigenvalue weighted by molar-refractivity contribution is 7.80. The summed E-state index contributed by atoms with van der Waals surface area (Å²) in [4.78, 5) is 32.3. The first-order valence-electron chi connectivity index (χ1n) is 13.1. The number of thiocarbonyl (C=S) groups is 1. The van der Waals surface area contributed by atoms with Crippen LogP contribution in [0.25, 0.3) is 5.69 Å². The van der Waals surface area contributed by atoms with E-state index in [1.165, 1.54) is 7.11 Å². The number of nitrogens with zero attached hydrogens (tertiary/aromatic N) is 3. The van der Waals surface area contributed by atoms with E-state index in [1.807, 2.05) is 96.2 Å². The summed E-state index contributed by atoms with van der Waals surface area (Å²) >= 11 is 5.81. The number of nitrogens with one attached hydrogen (secondary N) is 2. The smallest absolute Gasteiger partial charge is 0.339 e. The van der Waals surface area contributed by atoms with E-state index in [4.69, 9.17) is 17.0 Å². The number of hydrogen-bond acceptors (Lipinski definition) is 5. The van der Waals surface area contributed by atoms with Crippen LogP contribution in [0.2, 0.25) is 0 Å². The van der Waals surface area contributed by atoms with Crippen molar-refractivity contribution in [1.29, 1.82) is 0 Å². The molecule has 3 heterocycles. The second-order valence-corrected chi connectivity index (χ2v) is 10.1. The van der Waals surface area contributed by atoms with Gasteiger partial charge in [-0.15, -0.1) is 0 Å². The molecule has 0 unspecified atom stereocenters. The minimum atomic E-state index is -0.420. The quantitative estimate of drug-likeness (QED) is 0.227. The Morgan fingerprint density at radius 1 is 1.05 bits per heavy atom. The van der Waals surface area contributed by atoms with Gasteiger partial charge in [0.05, 0.1) is 36.1 Å². The molecule has 0 spiro atoms. The van der Waals surface area contributed by atoms with E-state index < -0.39 is 5.97 Å². The number of hydrogen-bond donors (Lipinski definition) is 2. The Morgan fingerprint density at radius 3 is 2.62 bits per heavy atom. The van der Waals surface area contributed by atoms with Crippen molar-refractivity contribution in [1.82, 2.24) is 19.8 Å². The predicted molar refractivity (Wildman–Crippen MR) is 158 cm³/mol. The van der Waals surface area contributed by atoms with Crippen LogP contribution in [-0.2, 0) is 9.53 Å². The number of rotatable bonds is 8. The average molecular weight is 554 g/mol. The summed E-state index contributed by atoms with van der Waals surface area (Å²) in [6.07, 6.45) is 3.91. The van der Waals surface area contributed by atoms with Crippen LogP contribution in [0.5, 0.6) is 0 Å². The molecule has 1 saturated heterocycles. The van der Waals surface area contributed by atoms with E-state index in [1.54, 1.807) is 12.3 Å². The summed E-state index contributed by atoms with van der Waals surface area (Å²) in [5.41, 5.74) is 5.76. The van der Waals surface area contributed by atoms with E-state index in [0.717, 1.165) is 28.2 Å². The van der Waals surface area contributed by atoms with E-state index in [9.17, 15) is 9.59 Å². The number of ether oxygens (including phenoxy) is 1. The molecule has 2 N–H and O–H groups in total. The van der Waals surface area contributed by atoms with Crippen LogP contribution < -0.4 is 10.6 Å². The van der Waals surface area contributed by atoms with Gasteiger partial charge in [0.2, 0.25) is 5.91 Å². The fraction of sp³-hybridized carbons (Fsp3) is 0.226. The van der Waals surface area contributed by atoms with Crippen LogP contribution in [0.3, 0.4) is 0 Å². The molecule has 2 aromatic heterocycles. The molecule has 8 nitrogen and oxygen atoms in total. The molecule has 0 radical (unpaired) electrons. The van der Waals surface area contributed by atoms with Crippen LogP contribution in [-0.4, -0.2) is 45.1 Å². The number of aryl methyl sites for hydroxylation is 2. The van der Waals surface area contributed by atoms with Gasteiger partial charge in [-0.2, -0.15) is 0 Å². The van der Waals surface area contributed by atoms with Crippen molar-refractivity contribution in [2.75, 3.05) is 19.0 Å². The second kappa shape index (κ2) is 11.7. The molecule has 2 aromatic carbocycles. The number of benzene rings is 2. The maximum Gasteiger partial charge on any atom is 0.339 e. The highest BCUT2D eigenvalue weighted by Gasteiger charge is 2.41. The minimum Gasteiger partial charge on any atom is -0.465 e. The molecule has 0 saturated carbocycles. The molecule has 2 atom stereocenters. The molecule has 9 heteroatoms. The van der Waals surface area contributed by atoms with Crippen molar-refractivity contribution in [3.05, 3.63) is 113 Å². The fourth-order valence-corrected chi connectivity index (χ4v) is 5.43. The summed E-state index contributed by atoms with van der Waals surface area (Å²) in [5.74, 6) is -0.514. The molecule has 1 aliphatic heterocycles. The van der Waals surface area contributed by atoms with Gasteiger partial charge in [0.15, 0.2) is 5.11 Å². The largest absolute Gasteiger partial charge is 0.465 e. The highest BCUT2D eigenvalue weighted by atomic mass is 32.1. The zero-order chi connectivity index (χ0) is 28.2. The highest BCUT2D eigenvalue weighted by Crippen LogP contribution is 2.40. The topological polar surface area (TPSA) is 88.5 Å². The first-order chi connectivity index (χ1) is 19.4. The van der Waals surface area contributed by atoms with Gasteiger partial charge in [-0.25, -0.2) is 4.79 Å².